The Morgan fingerprint density at radius 2 is 1.75 bits per heavy atom. The Morgan fingerprint density at radius 3 is 2.31 bits per heavy atom. The number of carbonyl (C=O) groups excluding carboxylic acids is 1. The van der Waals surface area contributed by atoms with Crippen LogP contribution in [0.1, 0.15) is 35.1 Å². The first kappa shape index (κ1) is 23.8. The highest BCUT2D eigenvalue weighted by atomic mass is 32.2. The van der Waals surface area contributed by atoms with Gasteiger partial charge in [0.15, 0.2) is 0 Å². The number of hydrogen-bond donors (Lipinski definition) is 1. The van der Waals surface area contributed by atoms with Crippen molar-refractivity contribution in [1.82, 2.24) is 9.62 Å². The lowest BCUT2D eigenvalue weighted by atomic mass is 9.91. The molecular formula is C24H29N3O4S. The van der Waals surface area contributed by atoms with E-state index >= 15 is 0 Å². The van der Waals surface area contributed by atoms with Crippen molar-refractivity contribution < 1.29 is 17.9 Å². The van der Waals surface area contributed by atoms with Gasteiger partial charge in [-0.15, -0.1) is 0 Å². The average Bonchev–Trinajstić information content (AvgIpc) is 2.75. The van der Waals surface area contributed by atoms with E-state index in [9.17, 15) is 18.5 Å². The molecule has 0 radical (unpaired) electrons. The maximum atomic E-state index is 13.0. The molecule has 1 fully saturated rings. The third-order valence-corrected chi connectivity index (χ3v) is 7.51. The van der Waals surface area contributed by atoms with E-state index in [0.29, 0.717) is 37.1 Å². The van der Waals surface area contributed by atoms with E-state index in [1.165, 1.54) is 0 Å². The number of hydrogen-bond acceptors (Lipinski definition) is 5. The molecule has 3 rings (SSSR count). The fraction of sp³-hybridized carbons (Fsp3) is 0.417. The van der Waals surface area contributed by atoms with E-state index in [2.05, 4.69) is 10.8 Å². The Kier molecular flexibility index (Phi) is 7.54. The average molecular weight is 456 g/mol. The third kappa shape index (κ3) is 5.67. The summed E-state index contributed by atoms with van der Waals surface area (Å²) in [5, 5.41) is 9.67. The molecular weight excluding hydrogens is 426 g/mol. The second kappa shape index (κ2) is 10.2. The van der Waals surface area contributed by atoms with Crippen molar-refractivity contribution >= 4 is 16.1 Å². The summed E-state index contributed by atoms with van der Waals surface area (Å²) < 4.78 is 34.1. The van der Waals surface area contributed by atoms with Gasteiger partial charge >= 0.3 is 6.09 Å². The van der Waals surface area contributed by atoms with Gasteiger partial charge < -0.3 is 9.64 Å². The Labute approximate surface area is 190 Å². The van der Waals surface area contributed by atoms with E-state index in [-0.39, 0.29) is 17.4 Å². The van der Waals surface area contributed by atoms with E-state index in [0.717, 1.165) is 11.1 Å². The standard InChI is InChI=1S/C24H29N3O4S/c1-17-13-18(2)23(19(3)14-17)32(29,30)26-22(15-25)21-9-11-27(12-10-21)24(28)31-16-20-7-5-4-6-8-20/h4-8,13-14,21-22,26H,9-12,16H2,1-3H3. The second-order valence-corrected chi connectivity index (χ2v) is 9.97. The van der Waals surface area contributed by atoms with Crippen LogP contribution in [0.4, 0.5) is 4.79 Å². The predicted molar refractivity (Wildman–Crippen MR) is 121 cm³/mol. The molecule has 1 N–H and O–H groups in total. The number of benzene rings is 2. The SMILES string of the molecule is Cc1cc(C)c(S(=O)(=O)NC(C#N)C2CCN(C(=O)OCc3ccccc3)CC2)c(C)c1. The summed E-state index contributed by atoms with van der Waals surface area (Å²) in [5.41, 5.74) is 3.21. The summed E-state index contributed by atoms with van der Waals surface area (Å²) in [5.74, 6) is -0.181. The molecule has 0 spiro atoms. The van der Waals surface area contributed by atoms with E-state index in [1.54, 1.807) is 18.7 Å². The van der Waals surface area contributed by atoms with Gasteiger partial charge in [-0.25, -0.2) is 13.2 Å². The van der Waals surface area contributed by atoms with E-state index in [4.69, 9.17) is 4.74 Å². The van der Waals surface area contributed by atoms with Crippen LogP contribution >= 0.6 is 0 Å². The highest BCUT2D eigenvalue weighted by Crippen LogP contribution is 2.25. The highest BCUT2D eigenvalue weighted by molar-refractivity contribution is 7.89. The number of ether oxygens (including phenoxy) is 1. The smallest absolute Gasteiger partial charge is 0.410 e. The first-order chi connectivity index (χ1) is 15.2. The number of amides is 1. The van der Waals surface area contributed by atoms with Gasteiger partial charge in [-0.1, -0.05) is 48.0 Å². The summed E-state index contributed by atoms with van der Waals surface area (Å²) in [6, 6.07) is 14.4. The molecule has 170 valence electrons. The van der Waals surface area contributed by atoms with Crippen molar-refractivity contribution in [2.75, 3.05) is 13.1 Å². The molecule has 1 atom stereocenters. The number of nitriles is 1. The van der Waals surface area contributed by atoms with Crippen LogP contribution in [-0.2, 0) is 21.4 Å². The molecule has 0 saturated carbocycles. The monoisotopic (exact) mass is 455 g/mol. The molecule has 1 unspecified atom stereocenters. The molecule has 1 aliphatic heterocycles. The Hall–Kier alpha value is -2.89. The lowest BCUT2D eigenvalue weighted by Gasteiger charge is -2.33. The number of sulfonamides is 1. The molecule has 2 aromatic carbocycles. The first-order valence-corrected chi connectivity index (χ1v) is 12.1. The molecule has 8 heteroatoms. The number of rotatable bonds is 6. The number of nitrogens with zero attached hydrogens (tertiary/aromatic N) is 2. The van der Waals surface area contributed by atoms with Gasteiger partial charge in [0.2, 0.25) is 10.0 Å². The summed E-state index contributed by atoms with van der Waals surface area (Å²) in [4.78, 5) is 14.2. The Balaban J connectivity index is 1.59. The van der Waals surface area contributed by atoms with Crippen LogP contribution in [0.25, 0.3) is 0 Å². The molecule has 1 amide bonds. The summed E-state index contributed by atoms with van der Waals surface area (Å²) >= 11 is 0. The Bertz CT molecular complexity index is 1080. The molecule has 0 aromatic heterocycles. The number of carbonyl (C=O) groups is 1. The lowest BCUT2D eigenvalue weighted by Crippen LogP contribution is -2.46. The van der Waals surface area contributed by atoms with E-state index < -0.39 is 22.2 Å². The van der Waals surface area contributed by atoms with Crippen molar-refractivity contribution in [3.8, 4) is 6.07 Å². The van der Waals surface area contributed by atoms with E-state index in [1.807, 2.05) is 49.4 Å². The van der Waals surface area contributed by atoms with Gasteiger partial charge in [-0.2, -0.15) is 9.98 Å². The molecule has 0 bridgehead atoms. The van der Waals surface area contributed by atoms with Crippen molar-refractivity contribution in [1.29, 1.82) is 5.26 Å². The maximum absolute atomic E-state index is 13.0. The van der Waals surface area contributed by atoms with Crippen LogP contribution in [0, 0.1) is 38.0 Å². The number of nitrogens with one attached hydrogen (secondary N) is 1. The summed E-state index contributed by atoms with van der Waals surface area (Å²) in [6.45, 7) is 6.47. The molecule has 1 aliphatic rings. The zero-order chi connectivity index (χ0) is 23.3. The summed E-state index contributed by atoms with van der Waals surface area (Å²) in [6.07, 6.45) is 0.646. The molecule has 7 nitrogen and oxygen atoms in total. The normalized spacial score (nSPS) is 15.8. The van der Waals surface area contributed by atoms with Crippen LogP contribution in [0.5, 0.6) is 0 Å². The number of piperidine rings is 1. The van der Waals surface area contributed by atoms with Crippen molar-refractivity contribution in [2.24, 2.45) is 5.92 Å². The minimum Gasteiger partial charge on any atom is -0.445 e. The number of likely N-dealkylation sites (tertiary alicyclic amines) is 1. The fourth-order valence-corrected chi connectivity index (χ4v) is 5.93. The van der Waals surface area contributed by atoms with Crippen molar-refractivity contribution in [2.45, 2.75) is 51.2 Å². The zero-order valence-corrected chi connectivity index (χ0v) is 19.5. The van der Waals surface area contributed by atoms with Crippen LogP contribution in [-0.4, -0.2) is 38.5 Å². The second-order valence-electron chi connectivity index (χ2n) is 8.32. The summed E-state index contributed by atoms with van der Waals surface area (Å²) in [7, 11) is -3.85. The maximum Gasteiger partial charge on any atom is 0.410 e. The zero-order valence-electron chi connectivity index (χ0n) is 18.7. The van der Waals surface area contributed by atoms with Gasteiger partial charge in [0, 0.05) is 13.1 Å². The van der Waals surface area contributed by atoms with Gasteiger partial charge in [-0.05, 0) is 56.2 Å². The highest BCUT2D eigenvalue weighted by Gasteiger charge is 2.33. The molecule has 2 aromatic rings. The molecule has 32 heavy (non-hydrogen) atoms. The molecule has 0 aliphatic carbocycles. The van der Waals surface area contributed by atoms with Crippen molar-refractivity contribution in [3.05, 3.63) is 64.7 Å². The quantitative estimate of drug-likeness (QED) is 0.714. The van der Waals surface area contributed by atoms with Gasteiger partial charge in [-0.3, -0.25) is 0 Å². The largest absolute Gasteiger partial charge is 0.445 e. The van der Waals surface area contributed by atoms with Crippen LogP contribution in [0.2, 0.25) is 0 Å². The van der Waals surface area contributed by atoms with Crippen LogP contribution in [0.15, 0.2) is 47.4 Å². The number of aryl methyl sites for hydroxylation is 3. The molecule has 1 saturated heterocycles. The van der Waals surface area contributed by atoms with Crippen molar-refractivity contribution in [3.63, 3.8) is 0 Å². The lowest BCUT2D eigenvalue weighted by molar-refractivity contribution is 0.0809. The van der Waals surface area contributed by atoms with Gasteiger partial charge in [0.05, 0.1) is 11.0 Å². The third-order valence-electron chi connectivity index (χ3n) is 5.77. The topological polar surface area (TPSA) is 99.5 Å². The minimum absolute atomic E-state index is 0.181. The fourth-order valence-electron chi connectivity index (χ4n) is 4.27. The van der Waals surface area contributed by atoms with Crippen LogP contribution < -0.4 is 4.72 Å². The first-order valence-electron chi connectivity index (χ1n) is 10.7. The van der Waals surface area contributed by atoms with Gasteiger partial charge in [0.25, 0.3) is 0 Å². The minimum atomic E-state index is -3.85. The Morgan fingerprint density at radius 1 is 1.16 bits per heavy atom. The predicted octanol–water partition coefficient (Wildman–Crippen LogP) is 3.83. The van der Waals surface area contributed by atoms with Gasteiger partial charge in [0.1, 0.15) is 12.6 Å². The van der Waals surface area contributed by atoms with Crippen LogP contribution in [0.3, 0.4) is 0 Å². The molecule has 1 heterocycles.